The zero-order valence-corrected chi connectivity index (χ0v) is 39.7. The zero-order valence-electron chi connectivity index (χ0n) is 42.3. The molecule has 0 amide bonds. The van der Waals surface area contributed by atoms with E-state index < -0.39 is 21.8 Å². The van der Waals surface area contributed by atoms with Gasteiger partial charge in [0.25, 0.3) is 0 Å². The fourth-order valence-electron chi connectivity index (χ4n) is 8.08. The predicted octanol–water partition coefficient (Wildman–Crippen LogP) is 14.0. The molecule has 0 aliphatic carbocycles. The summed E-state index contributed by atoms with van der Waals surface area (Å²) in [7, 11) is -1.23. The summed E-state index contributed by atoms with van der Waals surface area (Å²) in [4.78, 5) is 18.6. The first-order chi connectivity index (χ1) is 32.3. The van der Waals surface area contributed by atoms with Crippen LogP contribution in [0, 0.1) is 25.8 Å². The van der Waals surface area contributed by atoms with E-state index in [1.807, 2.05) is 54.7 Å². The molecule has 0 aliphatic rings. The van der Waals surface area contributed by atoms with Crippen LogP contribution in [-0.4, -0.2) is 32.6 Å². The van der Waals surface area contributed by atoms with E-state index in [9.17, 15) is 0 Å². The third kappa shape index (κ3) is 8.31. The van der Waals surface area contributed by atoms with Gasteiger partial charge in [0.15, 0.2) is 0 Å². The second-order valence-electron chi connectivity index (χ2n) is 17.3. The van der Waals surface area contributed by atoms with Gasteiger partial charge in [-0.25, -0.2) is 4.98 Å². The molecule has 317 valence electrons. The van der Waals surface area contributed by atoms with Crippen LogP contribution >= 0.6 is 0 Å². The molecular formula is C55H51IrN5OSi-2. The summed E-state index contributed by atoms with van der Waals surface area (Å²) in [5, 5.41) is 2.34. The number of hydrogen-bond acceptors (Lipinski definition) is 5. The number of aryl methyl sites for hydroxylation is 2. The van der Waals surface area contributed by atoms with Crippen LogP contribution in [0.1, 0.15) is 70.3 Å². The average Bonchev–Trinajstić information content (AvgIpc) is 3.89. The van der Waals surface area contributed by atoms with E-state index in [4.69, 9.17) is 17.6 Å². The largest absolute Gasteiger partial charge is 0.498 e. The Kier molecular flexibility index (Phi) is 10.2. The smallest absolute Gasteiger partial charge is 0.148 e. The van der Waals surface area contributed by atoms with Crippen LogP contribution in [0.4, 0.5) is 0 Å². The van der Waals surface area contributed by atoms with Gasteiger partial charge in [0.1, 0.15) is 5.58 Å². The number of furan rings is 1. The van der Waals surface area contributed by atoms with Crippen molar-refractivity contribution in [2.45, 2.75) is 72.9 Å². The van der Waals surface area contributed by atoms with Crippen molar-refractivity contribution in [3.05, 3.63) is 168 Å². The Morgan fingerprint density at radius 2 is 1.40 bits per heavy atom. The van der Waals surface area contributed by atoms with Gasteiger partial charge in [0.2, 0.25) is 0 Å². The molecule has 0 saturated heterocycles. The molecule has 0 N–H and O–H groups in total. The van der Waals surface area contributed by atoms with Gasteiger partial charge in [-0.15, -0.1) is 54.1 Å². The van der Waals surface area contributed by atoms with E-state index in [1.54, 1.807) is 18.2 Å². The number of rotatable bonds is 7. The Hall–Kier alpha value is -6.05. The first kappa shape index (κ1) is 36.4. The molecule has 6 nitrogen and oxygen atoms in total. The standard InChI is InChI=1S/C41H35N4O.C14H16NSi.Ir/c1-23(2)32-21-28(27-13-8-7-9-14-27)22-33(24(3)4)38(32)45-35-18-11-10-17-34(35)44-41(45)31-16-12-15-29-37-40(46-39(29)31)30-20-19-25(5)42-36(30)26(6)43-37;1-16(2,3)13-9-10-14(15-11-13)12-7-5-4-6-8-12;/h7-15,17-24H,1-6H3;4-7,9-11H,1-3H3;/q2*-1;/i5D3,6D3;;. The number of para-hydroxylation sites is 2. The zero-order chi connectivity index (χ0) is 48.3. The summed E-state index contributed by atoms with van der Waals surface area (Å²) >= 11 is 0. The molecule has 63 heavy (non-hydrogen) atoms. The minimum atomic E-state index is -2.67. The number of aromatic nitrogens is 5. The van der Waals surface area contributed by atoms with Gasteiger partial charge in [0, 0.05) is 51.3 Å². The van der Waals surface area contributed by atoms with E-state index >= 15 is 0 Å². The van der Waals surface area contributed by atoms with Gasteiger partial charge < -0.3 is 14.0 Å². The van der Waals surface area contributed by atoms with Crippen molar-refractivity contribution in [1.29, 1.82) is 0 Å². The fraction of sp³-hybridized carbons (Fsp3) is 0.200. The Labute approximate surface area is 393 Å². The van der Waals surface area contributed by atoms with Gasteiger partial charge in [-0.1, -0.05) is 107 Å². The summed E-state index contributed by atoms with van der Waals surface area (Å²) in [5.74, 6) is 0.944. The molecule has 0 unspecified atom stereocenters. The summed E-state index contributed by atoms with van der Waals surface area (Å²) in [6.45, 7) is 10.6. The number of fused-ring (bicyclic) bond motifs is 6. The molecule has 0 fully saturated rings. The Morgan fingerprint density at radius 3 is 2.06 bits per heavy atom. The van der Waals surface area contributed by atoms with Crippen LogP contribution in [0.25, 0.3) is 83.5 Å². The third-order valence-corrected chi connectivity index (χ3v) is 13.4. The van der Waals surface area contributed by atoms with Crippen molar-refractivity contribution in [2.75, 3.05) is 0 Å². The molecule has 10 aromatic rings. The summed E-state index contributed by atoms with van der Waals surface area (Å²) in [6, 6.07) is 48.3. The van der Waals surface area contributed by atoms with Crippen LogP contribution in [0.5, 0.6) is 0 Å². The van der Waals surface area contributed by atoms with Crippen molar-refractivity contribution in [3.8, 4) is 39.5 Å². The minimum Gasteiger partial charge on any atom is -0.498 e. The molecule has 8 heteroatoms. The summed E-state index contributed by atoms with van der Waals surface area (Å²) in [6.07, 6.45) is 2.02. The number of hydrogen-bond donors (Lipinski definition) is 0. The van der Waals surface area contributed by atoms with Crippen molar-refractivity contribution in [1.82, 2.24) is 24.5 Å². The maximum Gasteiger partial charge on any atom is 0.148 e. The normalized spacial score (nSPS) is 13.5. The molecule has 5 aromatic heterocycles. The summed E-state index contributed by atoms with van der Waals surface area (Å²) in [5.41, 5.74) is 10.6. The molecule has 5 heterocycles. The first-order valence-corrected chi connectivity index (χ1v) is 24.5. The molecule has 0 atom stereocenters. The van der Waals surface area contributed by atoms with Crippen molar-refractivity contribution in [3.63, 3.8) is 0 Å². The topological polar surface area (TPSA) is 69.6 Å². The van der Waals surface area contributed by atoms with Crippen molar-refractivity contribution >= 4 is 57.3 Å². The number of pyridine rings is 3. The van der Waals surface area contributed by atoms with Gasteiger partial charge in [-0.2, -0.15) is 0 Å². The monoisotopic (exact) mass is 1020 g/mol. The van der Waals surface area contributed by atoms with Gasteiger partial charge >= 0.3 is 0 Å². The second kappa shape index (κ2) is 17.6. The fourth-order valence-corrected chi connectivity index (χ4v) is 9.12. The van der Waals surface area contributed by atoms with Crippen LogP contribution in [0.15, 0.2) is 138 Å². The SMILES string of the molecule is C[Si](C)(C)c1ccc(-c2[c-]cccc2)nc1.[2H]C([2H])([2H])c1ccc2c(n1)c(C([2H])([2H])[2H])nc1c3cc[c-]c(-c4nc5ccccc5n4-c4c(C(C)C)cc(-c5ccccc5)cc4C(C)C)c3oc21.[Ir]. The summed E-state index contributed by atoms with van der Waals surface area (Å²) < 4.78 is 57.4. The van der Waals surface area contributed by atoms with Crippen LogP contribution in [-0.2, 0) is 20.1 Å². The Bertz CT molecular complexity index is 3440. The molecular weight excluding hydrogens is 967 g/mol. The molecule has 5 aromatic carbocycles. The predicted molar refractivity (Wildman–Crippen MR) is 260 cm³/mol. The van der Waals surface area contributed by atoms with Crippen LogP contribution < -0.4 is 5.19 Å². The van der Waals surface area contributed by atoms with Gasteiger partial charge in [0.05, 0.1) is 47.2 Å². The molecule has 0 aliphatic heterocycles. The van der Waals surface area contributed by atoms with Crippen LogP contribution in [0.3, 0.4) is 0 Å². The number of imidazole rings is 1. The maximum absolute atomic E-state index is 8.30. The van der Waals surface area contributed by atoms with Gasteiger partial charge in [-0.05, 0) is 100 Å². The second-order valence-corrected chi connectivity index (χ2v) is 22.4. The maximum atomic E-state index is 8.30. The Morgan fingerprint density at radius 1 is 0.667 bits per heavy atom. The number of nitrogens with zero attached hydrogens (tertiary/aromatic N) is 5. The molecule has 0 spiro atoms. The van der Waals surface area contributed by atoms with Crippen molar-refractivity contribution < 1.29 is 32.7 Å². The van der Waals surface area contributed by atoms with E-state index in [-0.39, 0.29) is 48.8 Å². The van der Waals surface area contributed by atoms with Crippen molar-refractivity contribution in [2.24, 2.45) is 0 Å². The Balaban J connectivity index is 0.000000320. The molecule has 0 saturated carbocycles. The van der Waals surface area contributed by atoms with Gasteiger partial charge in [-0.3, -0.25) is 9.97 Å². The molecule has 10 rings (SSSR count). The third-order valence-electron chi connectivity index (χ3n) is 11.4. The van der Waals surface area contributed by atoms with E-state index in [2.05, 4.69) is 134 Å². The molecule has 0 bridgehead atoms. The van der Waals surface area contributed by atoms with E-state index in [0.29, 0.717) is 38.8 Å². The number of benzene rings is 5. The first-order valence-electron chi connectivity index (χ1n) is 24.0. The molecule has 1 radical (unpaired) electrons. The van der Waals surface area contributed by atoms with Crippen LogP contribution in [0.2, 0.25) is 19.6 Å². The van der Waals surface area contributed by atoms with E-state index in [0.717, 1.165) is 50.2 Å². The quantitative estimate of drug-likeness (QED) is 0.118. The average molecular weight is 1020 g/mol. The van der Waals surface area contributed by atoms with E-state index in [1.165, 1.54) is 11.3 Å². The minimum absolute atomic E-state index is 0.